The first-order valence-electron chi connectivity index (χ1n) is 8.29. The van der Waals surface area contributed by atoms with Crippen LogP contribution in [0.5, 0.6) is 0 Å². The van der Waals surface area contributed by atoms with Crippen molar-refractivity contribution in [3.63, 3.8) is 0 Å². The molecule has 1 aromatic carbocycles. The van der Waals surface area contributed by atoms with E-state index in [1.165, 1.54) is 11.1 Å². The van der Waals surface area contributed by atoms with Crippen LogP contribution in [-0.4, -0.2) is 40.8 Å². The summed E-state index contributed by atoms with van der Waals surface area (Å²) in [7, 11) is 1.64. The van der Waals surface area contributed by atoms with Gasteiger partial charge in [-0.15, -0.1) is 0 Å². The number of amides is 1. The number of nitrogens with zero attached hydrogens (tertiary/aromatic N) is 3. The Hall–Kier alpha value is -2.73. The number of methoxy groups -OCH3 is 1. The number of fused-ring (bicyclic) bond motifs is 1. The van der Waals surface area contributed by atoms with Gasteiger partial charge >= 0.3 is 0 Å². The summed E-state index contributed by atoms with van der Waals surface area (Å²) in [4.78, 5) is 16.7. The second kappa shape index (κ2) is 7.44. The zero-order valence-corrected chi connectivity index (χ0v) is 14.7. The molecule has 3 aromatic rings. The number of aryl methyl sites for hydroxylation is 2. The lowest BCUT2D eigenvalue weighted by Gasteiger charge is -2.08. The molecule has 3 rings (SSSR count). The minimum atomic E-state index is -0.171. The van der Waals surface area contributed by atoms with E-state index in [0.717, 1.165) is 17.7 Å². The average Bonchev–Trinajstić information content (AvgIpc) is 3.05. The predicted octanol–water partition coefficient (Wildman–Crippen LogP) is 2.78. The number of benzene rings is 1. The third-order valence-corrected chi connectivity index (χ3v) is 4.26. The SMILES string of the molecule is COCCCNC(=O)c1cnn2c(-c3ccc(C)c(C)c3)ccnc12. The van der Waals surface area contributed by atoms with Gasteiger partial charge in [0, 0.05) is 32.0 Å². The minimum Gasteiger partial charge on any atom is -0.385 e. The van der Waals surface area contributed by atoms with Crippen molar-refractivity contribution < 1.29 is 9.53 Å². The van der Waals surface area contributed by atoms with Gasteiger partial charge in [-0.3, -0.25) is 4.79 Å². The Balaban J connectivity index is 1.92. The molecule has 0 aliphatic carbocycles. The molecule has 130 valence electrons. The topological polar surface area (TPSA) is 68.5 Å². The lowest BCUT2D eigenvalue weighted by molar-refractivity contribution is 0.0950. The fraction of sp³-hybridized carbons (Fsp3) is 0.316. The molecule has 1 N–H and O–H groups in total. The lowest BCUT2D eigenvalue weighted by Crippen LogP contribution is -2.25. The van der Waals surface area contributed by atoms with Crippen molar-refractivity contribution in [1.29, 1.82) is 0 Å². The molecule has 0 bridgehead atoms. The summed E-state index contributed by atoms with van der Waals surface area (Å²) >= 11 is 0. The summed E-state index contributed by atoms with van der Waals surface area (Å²) in [5.74, 6) is -0.171. The van der Waals surface area contributed by atoms with Gasteiger partial charge in [0.1, 0.15) is 5.56 Å². The molecule has 1 amide bonds. The van der Waals surface area contributed by atoms with Crippen LogP contribution in [0.1, 0.15) is 27.9 Å². The van der Waals surface area contributed by atoms with E-state index in [9.17, 15) is 4.79 Å². The molecule has 0 atom stereocenters. The fourth-order valence-electron chi connectivity index (χ4n) is 2.68. The van der Waals surface area contributed by atoms with Crippen molar-refractivity contribution in [2.24, 2.45) is 0 Å². The van der Waals surface area contributed by atoms with E-state index in [2.05, 4.69) is 47.4 Å². The summed E-state index contributed by atoms with van der Waals surface area (Å²) in [5, 5.41) is 7.26. The normalized spacial score (nSPS) is 11.0. The van der Waals surface area contributed by atoms with E-state index in [1.54, 1.807) is 24.0 Å². The molecule has 0 saturated carbocycles. The van der Waals surface area contributed by atoms with E-state index in [-0.39, 0.29) is 5.91 Å². The third kappa shape index (κ3) is 3.53. The quantitative estimate of drug-likeness (QED) is 0.702. The number of carbonyl (C=O) groups is 1. The summed E-state index contributed by atoms with van der Waals surface area (Å²) < 4.78 is 6.70. The number of carbonyl (C=O) groups excluding carboxylic acids is 1. The van der Waals surface area contributed by atoms with Gasteiger partial charge in [-0.25, -0.2) is 9.50 Å². The van der Waals surface area contributed by atoms with Gasteiger partial charge in [0.15, 0.2) is 5.65 Å². The van der Waals surface area contributed by atoms with Gasteiger partial charge in [-0.2, -0.15) is 5.10 Å². The van der Waals surface area contributed by atoms with Crippen LogP contribution in [-0.2, 0) is 4.74 Å². The highest BCUT2D eigenvalue weighted by Gasteiger charge is 2.16. The maximum atomic E-state index is 12.4. The monoisotopic (exact) mass is 338 g/mol. The number of aromatic nitrogens is 3. The third-order valence-electron chi connectivity index (χ3n) is 4.26. The van der Waals surface area contributed by atoms with E-state index < -0.39 is 0 Å². The van der Waals surface area contributed by atoms with Crippen molar-refractivity contribution >= 4 is 11.6 Å². The highest BCUT2D eigenvalue weighted by molar-refractivity contribution is 5.99. The van der Waals surface area contributed by atoms with Crippen molar-refractivity contribution in [2.45, 2.75) is 20.3 Å². The van der Waals surface area contributed by atoms with E-state index in [4.69, 9.17) is 4.74 Å². The van der Waals surface area contributed by atoms with E-state index >= 15 is 0 Å². The summed E-state index contributed by atoms with van der Waals surface area (Å²) in [5.41, 5.74) is 5.44. The first kappa shape index (κ1) is 17.1. The molecule has 0 fully saturated rings. The molecule has 0 aliphatic heterocycles. The largest absolute Gasteiger partial charge is 0.385 e. The highest BCUT2D eigenvalue weighted by atomic mass is 16.5. The predicted molar refractivity (Wildman–Crippen MR) is 96.7 cm³/mol. The summed E-state index contributed by atoms with van der Waals surface area (Å²) in [6.07, 6.45) is 4.05. The van der Waals surface area contributed by atoms with Crippen LogP contribution in [0.25, 0.3) is 16.9 Å². The Labute approximate surface area is 146 Å². The zero-order valence-electron chi connectivity index (χ0n) is 14.7. The number of hydrogen-bond acceptors (Lipinski definition) is 4. The number of hydrogen-bond donors (Lipinski definition) is 1. The van der Waals surface area contributed by atoms with Crippen molar-refractivity contribution in [2.75, 3.05) is 20.3 Å². The average molecular weight is 338 g/mol. The van der Waals surface area contributed by atoms with Gasteiger partial charge in [-0.05, 0) is 43.5 Å². The maximum absolute atomic E-state index is 12.4. The van der Waals surface area contributed by atoms with Crippen LogP contribution in [0.3, 0.4) is 0 Å². The van der Waals surface area contributed by atoms with Crippen LogP contribution in [0.4, 0.5) is 0 Å². The molecule has 0 saturated heterocycles. The summed E-state index contributed by atoms with van der Waals surface area (Å²) in [6, 6.07) is 8.17. The molecule has 0 spiro atoms. The molecule has 25 heavy (non-hydrogen) atoms. The van der Waals surface area contributed by atoms with E-state index in [1.807, 2.05) is 6.07 Å². The Morgan fingerprint density at radius 1 is 1.24 bits per heavy atom. The van der Waals surface area contributed by atoms with Gasteiger partial charge in [0.05, 0.1) is 11.9 Å². The highest BCUT2D eigenvalue weighted by Crippen LogP contribution is 2.23. The Bertz CT molecular complexity index is 902. The smallest absolute Gasteiger partial charge is 0.256 e. The zero-order chi connectivity index (χ0) is 17.8. The van der Waals surface area contributed by atoms with Crippen LogP contribution in [0.2, 0.25) is 0 Å². The van der Waals surface area contributed by atoms with Gasteiger partial charge in [0.2, 0.25) is 0 Å². The fourth-order valence-corrected chi connectivity index (χ4v) is 2.68. The van der Waals surface area contributed by atoms with Crippen molar-refractivity contribution in [3.8, 4) is 11.3 Å². The number of ether oxygens (including phenoxy) is 1. The molecule has 2 heterocycles. The first-order chi connectivity index (χ1) is 12.1. The van der Waals surface area contributed by atoms with Gasteiger partial charge in [0.25, 0.3) is 5.91 Å². The Morgan fingerprint density at radius 2 is 2.08 bits per heavy atom. The van der Waals surface area contributed by atoms with Crippen LogP contribution in [0.15, 0.2) is 36.7 Å². The van der Waals surface area contributed by atoms with Crippen molar-refractivity contribution in [1.82, 2.24) is 19.9 Å². The molecule has 6 nitrogen and oxygen atoms in total. The van der Waals surface area contributed by atoms with Gasteiger partial charge < -0.3 is 10.1 Å². The molecule has 0 radical (unpaired) electrons. The molecule has 6 heteroatoms. The number of nitrogens with one attached hydrogen (secondary N) is 1. The second-order valence-corrected chi connectivity index (χ2v) is 6.03. The van der Waals surface area contributed by atoms with Crippen LogP contribution < -0.4 is 5.32 Å². The lowest BCUT2D eigenvalue weighted by atomic mass is 10.0. The Morgan fingerprint density at radius 3 is 2.84 bits per heavy atom. The minimum absolute atomic E-state index is 0.171. The van der Waals surface area contributed by atoms with Gasteiger partial charge in [-0.1, -0.05) is 12.1 Å². The standard InChI is InChI=1S/C19H22N4O2/c1-13-5-6-15(11-14(13)2)17-7-9-20-18-16(12-22-23(17)18)19(24)21-8-4-10-25-3/h5-7,9,11-12H,4,8,10H2,1-3H3,(H,21,24). The molecule has 0 aliphatic rings. The van der Waals surface area contributed by atoms with E-state index in [0.29, 0.717) is 24.4 Å². The molecule has 2 aromatic heterocycles. The molecular weight excluding hydrogens is 316 g/mol. The molecule has 0 unspecified atom stereocenters. The second-order valence-electron chi connectivity index (χ2n) is 6.03. The summed E-state index contributed by atoms with van der Waals surface area (Å²) in [6.45, 7) is 5.34. The Kier molecular flexibility index (Phi) is 5.09. The van der Waals surface area contributed by atoms with Crippen LogP contribution in [0, 0.1) is 13.8 Å². The number of rotatable bonds is 6. The first-order valence-corrected chi connectivity index (χ1v) is 8.29. The van der Waals surface area contributed by atoms with Crippen LogP contribution >= 0.6 is 0 Å². The van der Waals surface area contributed by atoms with Crippen molar-refractivity contribution in [3.05, 3.63) is 53.3 Å². The maximum Gasteiger partial charge on any atom is 0.256 e. The molecular formula is C19H22N4O2.